The minimum Gasteiger partial charge on any atom is -0.465 e. The van der Waals surface area contributed by atoms with Crippen molar-refractivity contribution in [1.29, 1.82) is 0 Å². The van der Waals surface area contributed by atoms with Gasteiger partial charge in [0.15, 0.2) is 5.78 Å². The van der Waals surface area contributed by atoms with Gasteiger partial charge in [-0.15, -0.1) is 11.3 Å². The van der Waals surface area contributed by atoms with Gasteiger partial charge in [0.2, 0.25) is 0 Å². The number of thioether (sulfide) groups is 1. The quantitative estimate of drug-likeness (QED) is 0.676. The van der Waals surface area contributed by atoms with Gasteiger partial charge in [-0.2, -0.15) is 11.8 Å². The Hall–Kier alpha value is -1.21. The standard InChI is InChI=1S/C14H20N2O3S2/c1-8(2)11(17)12-10(15)9(14(18)19-3)13(21-12)16-4-6-20-7-5-16/h8H,4-7,15H2,1-3H3. The second kappa shape index (κ2) is 6.70. The summed E-state index contributed by atoms with van der Waals surface area (Å²) < 4.78 is 4.85. The number of Topliss-reactive ketones (excluding diaryl/α,β-unsaturated/α-hetero) is 1. The van der Waals surface area contributed by atoms with Crippen LogP contribution >= 0.6 is 23.1 Å². The molecule has 2 rings (SSSR count). The van der Waals surface area contributed by atoms with E-state index in [9.17, 15) is 9.59 Å². The Kier molecular flexibility index (Phi) is 5.16. The molecule has 0 radical (unpaired) electrons. The Morgan fingerprint density at radius 2 is 1.90 bits per heavy atom. The maximum absolute atomic E-state index is 12.3. The topological polar surface area (TPSA) is 72.6 Å². The molecule has 0 aromatic carbocycles. The lowest BCUT2D eigenvalue weighted by molar-refractivity contribution is 0.0603. The third-order valence-corrected chi connectivity index (χ3v) is 5.59. The Labute approximate surface area is 132 Å². The first-order valence-corrected chi connectivity index (χ1v) is 8.82. The van der Waals surface area contributed by atoms with Crippen molar-refractivity contribution in [3.8, 4) is 0 Å². The van der Waals surface area contributed by atoms with Crippen LogP contribution in [0.3, 0.4) is 0 Å². The highest BCUT2D eigenvalue weighted by Crippen LogP contribution is 2.40. The number of hydrogen-bond donors (Lipinski definition) is 1. The maximum atomic E-state index is 12.3. The highest BCUT2D eigenvalue weighted by atomic mass is 32.2. The number of ketones is 1. The van der Waals surface area contributed by atoms with E-state index in [1.165, 1.54) is 18.4 Å². The fourth-order valence-electron chi connectivity index (χ4n) is 2.17. The molecular formula is C14H20N2O3S2. The van der Waals surface area contributed by atoms with Gasteiger partial charge < -0.3 is 15.4 Å². The van der Waals surface area contributed by atoms with Crippen LogP contribution in [-0.4, -0.2) is 43.5 Å². The first kappa shape index (κ1) is 16.2. The van der Waals surface area contributed by atoms with Crippen molar-refractivity contribution in [3.05, 3.63) is 10.4 Å². The number of ether oxygens (including phenoxy) is 1. The minimum absolute atomic E-state index is 0.0275. The SMILES string of the molecule is COC(=O)c1c(N2CCSCC2)sc(C(=O)C(C)C)c1N. The molecule has 0 amide bonds. The molecule has 116 valence electrons. The average molecular weight is 328 g/mol. The van der Waals surface area contributed by atoms with Gasteiger partial charge >= 0.3 is 5.97 Å². The van der Waals surface area contributed by atoms with Gasteiger partial charge in [0.1, 0.15) is 10.6 Å². The molecule has 21 heavy (non-hydrogen) atoms. The Morgan fingerprint density at radius 3 is 2.43 bits per heavy atom. The van der Waals surface area contributed by atoms with Crippen LogP contribution in [0.4, 0.5) is 10.7 Å². The van der Waals surface area contributed by atoms with Crippen molar-refractivity contribution in [2.24, 2.45) is 5.92 Å². The molecule has 1 fully saturated rings. The van der Waals surface area contributed by atoms with Crippen LogP contribution in [0.1, 0.15) is 33.9 Å². The van der Waals surface area contributed by atoms with Crippen LogP contribution in [0.15, 0.2) is 0 Å². The summed E-state index contributed by atoms with van der Waals surface area (Å²) in [4.78, 5) is 26.9. The largest absolute Gasteiger partial charge is 0.465 e. The van der Waals surface area contributed by atoms with E-state index in [2.05, 4.69) is 4.90 Å². The molecule has 0 saturated carbocycles. The van der Waals surface area contributed by atoms with Crippen molar-refractivity contribution >= 4 is 45.5 Å². The van der Waals surface area contributed by atoms with Crippen LogP contribution in [0.25, 0.3) is 0 Å². The Morgan fingerprint density at radius 1 is 1.29 bits per heavy atom. The summed E-state index contributed by atoms with van der Waals surface area (Å²) in [5.74, 6) is 1.36. The molecule has 1 aliphatic rings. The zero-order valence-corrected chi connectivity index (χ0v) is 14.1. The fraction of sp³-hybridized carbons (Fsp3) is 0.571. The van der Waals surface area contributed by atoms with E-state index in [-0.39, 0.29) is 17.4 Å². The van der Waals surface area contributed by atoms with Crippen LogP contribution in [-0.2, 0) is 4.74 Å². The monoisotopic (exact) mass is 328 g/mol. The molecule has 1 aromatic rings. The summed E-state index contributed by atoms with van der Waals surface area (Å²) in [5.41, 5.74) is 6.69. The molecule has 0 bridgehead atoms. The average Bonchev–Trinajstić information content (AvgIpc) is 2.84. The Bertz CT molecular complexity index is 549. The van der Waals surface area contributed by atoms with Gasteiger partial charge in [-0.05, 0) is 0 Å². The minimum atomic E-state index is -0.472. The number of hydrogen-bond acceptors (Lipinski definition) is 7. The lowest BCUT2D eigenvalue weighted by Crippen LogP contribution is -2.32. The van der Waals surface area contributed by atoms with E-state index in [1.807, 2.05) is 25.6 Å². The van der Waals surface area contributed by atoms with Crippen molar-refractivity contribution in [1.82, 2.24) is 0 Å². The maximum Gasteiger partial charge on any atom is 0.343 e. The number of nitrogens with zero attached hydrogens (tertiary/aromatic N) is 1. The highest BCUT2D eigenvalue weighted by molar-refractivity contribution is 7.99. The zero-order chi connectivity index (χ0) is 15.6. The van der Waals surface area contributed by atoms with Crippen molar-refractivity contribution in [2.75, 3.05) is 42.3 Å². The van der Waals surface area contributed by atoms with E-state index in [0.717, 1.165) is 29.6 Å². The number of nitrogen functional groups attached to an aromatic ring is 1. The first-order valence-electron chi connectivity index (χ1n) is 6.84. The second-order valence-corrected chi connectivity index (χ2v) is 7.36. The third-order valence-electron chi connectivity index (χ3n) is 3.36. The summed E-state index contributed by atoms with van der Waals surface area (Å²) in [6.07, 6.45) is 0. The summed E-state index contributed by atoms with van der Waals surface area (Å²) in [7, 11) is 1.33. The lowest BCUT2D eigenvalue weighted by atomic mass is 10.1. The summed E-state index contributed by atoms with van der Waals surface area (Å²) >= 11 is 3.20. The van der Waals surface area contributed by atoms with Gasteiger partial charge in [-0.3, -0.25) is 4.79 Å². The molecule has 2 N–H and O–H groups in total. The number of rotatable bonds is 4. The number of carbonyl (C=O) groups excluding carboxylic acids is 2. The first-order chi connectivity index (χ1) is 9.97. The number of nitrogens with two attached hydrogens (primary N) is 1. The number of methoxy groups -OCH3 is 1. The van der Waals surface area contributed by atoms with Crippen molar-refractivity contribution < 1.29 is 14.3 Å². The van der Waals surface area contributed by atoms with E-state index in [4.69, 9.17) is 10.5 Å². The predicted molar refractivity (Wildman–Crippen MR) is 88.8 cm³/mol. The molecule has 1 saturated heterocycles. The van der Waals surface area contributed by atoms with E-state index < -0.39 is 5.97 Å². The van der Waals surface area contributed by atoms with Gasteiger partial charge in [-0.25, -0.2) is 4.79 Å². The molecule has 1 aromatic heterocycles. The van der Waals surface area contributed by atoms with Crippen molar-refractivity contribution in [2.45, 2.75) is 13.8 Å². The Balaban J connectivity index is 2.49. The molecule has 0 spiro atoms. The predicted octanol–water partition coefficient (Wildman–Crippen LogP) is 2.51. The molecule has 2 heterocycles. The van der Waals surface area contributed by atoms with Crippen LogP contribution in [0.2, 0.25) is 0 Å². The molecule has 0 atom stereocenters. The summed E-state index contributed by atoms with van der Waals surface area (Å²) in [6, 6.07) is 0. The zero-order valence-electron chi connectivity index (χ0n) is 12.5. The fourth-order valence-corrected chi connectivity index (χ4v) is 4.42. The van der Waals surface area contributed by atoms with E-state index >= 15 is 0 Å². The number of carbonyl (C=O) groups is 2. The highest BCUT2D eigenvalue weighted by Gasteiger charge is 2.30. The normalized spacial score (nSPS) is 15.3. The van der Waals surface area contributed by atoms with E-state index in [0.29, 0.717) is 10.4 Å². The van der Waals surface area contributed by atoms with Gasteiger partial charge in [0, 0.05) is 30.5 Å². The van der Waals surface area contributed by atoms with Gasteiger partial charge in [0.05, 0.1) is 17.7 Å². The molecule has 7 heteroatoms. The lowest BCUT2D eigenvalue weighted by Gasteiger charge is -2.27. The van der Waals surface area contributed by atoms with Crippen molar-refractivity contribution in [3.63, 3.8) is 0 Å². The molecule has 0 unspecified atom stereocenters. The molecule has 1 aliphatic heterocycles. The number of anilines is 2. The smallest absolute Gasteiger partial charge is 0.343 e. The van der Waals surface area contributed by atoms with E-state index in [1.54, 1.807) is 0 Å². The number of thiophene rings is 1. The van der Waals surface area contributed by atoms with Crippen LogP contribution in [0, 0.1) is 5.92 Å². The molecular weight excluding hydrogens is 308 g/mol. The van der Waals surface area contributed by atoms with Crippen LogP contribution in [0.5, 0.6) is 0 Å². The number of esters is 1. The van der Waals surface area contributed by atoms with Gasteiger partial charge in [-0.1, -0.05) is 13.8 Å². The molecule has 0 aliphatic carbocycles. The van der Waals surface area contributed by atoms with Crippen LogP contribution < -0.4 is 10.6 Å². The summed E-state index contributed by atoms with van der Waals surface area (Å²) in [6.45, 7) is 5.36. The van der Waals surface area contributed by atoms with Gasteiger partial charge in [0.25, 0.3) is 0 Å². The third kappa shape index (κ3) is 3.18. The second-order valence-electron chi connectivity index (χ2n) is 5.13. The molecule has 5 nitrogen and oxygen atoms in total. The summed E-state index contributed by atoms with van der Waals surface area (Å²) in [5, 5.41) is 0.767.